The van der Waals surface area contributed by atoms with E-state index in [2.05, 4.69) is 25.0 Å². The molecule has 0 atom stereocenters. The van der Waals surface area contributed by atoms with Crippen molar-refractivity contribution in [3.63, 3.8) is 0 Å². The molecular weight excluding hydrogens is 338 g/mol. The van der Waals surface area contributed by atoms with Crippen LogP contribution in [0.1, 0.15) is 18.9 Å². The number of hydrogen-bond acceptors (Lipinski definition) is 5. The summed E-state index contributed by atoms with van der Waals surface area (Å²) in [5.74, 6) is 0.694. The molecular formula is C17H18ClN7. The highest BCUT2D eigenvalue weighted by atomic mass is 35.5. The zero-order valence-corrected chi connectivity index (χ0v) is 14.4. The summed E-state index contributed by atoms with van der Waals surface area (Å²) in [6, 6.07) is 6.43. The van der Waals surface area contributed by atoms with Crippen LogP contribution < -0.4 is 5.32 Å². The van der Waals surface area contributed by atoms with Gasteiger partial charge in [0.25, 0.3) is 0 Å². The Balaban J connectivity index is 0.00000157. The molecule has 0 radical (unpaired) electrons. The van der Waals surface area contributed by atoms with Crippen LogP contribution in [0.3, 0.4) is 0 Å². The van der Waals surface area contributed by atoms with Crippen LogP contribution in [0.2, 0.25) is 0 Å². The lowest BCUT2D eigenvalue weighted by Gasteiger charge is -2.24. The van der Waals surface area contributed by atoms with Gasteiger partial charge in [-0.1, -0.05) is 6.07 Å². The van der Waals surface area contributed by atoms with Gasteiger partial charge in [-0.2, -0.15) is 5.10 Å². The van der Waals surface area contributed by atoms with Crippen molar-refractivity contribution >= 4 is 29.1 Å². The van der Waals surface area contributed by atoms with Crippen LogP contribution in [0.4, 0.5) is 0 Å². The van der Waals surface area contributed by atoms with Gasteiger partial charge in [0.2, 0.25) is 0 Å². The highest BCUT2D eigenvalue weighted by molar-refractivity contribution is 5.85. The van der Waals surface area contributed by atoms with E-state index >= 15 is 0 Å². The molecule has 0 aliphatic carbocycles. The maximum atomic E-state index is 4.82. The number of hydrogen-bond donors (Lipinski definition) is 1. The van der Waals surface area contributed by atoms with E-state index in [4.69, 9.17) is 4.98 Å². The molecule has 0 saturated carbocycles. The molecule has 1 aliphatic rings. The summed E-state index contributed by atoms with van der Waals surface area (Å²) < 4.78 is 4.04. The first-order valence-electron chi connectivity index (χ1n) is 8.23. The average Bonchev–Trinajstić information content (AvgIpc) is 3.26. The number of rotatable bonds is 2. The summed E-state index contributed by atoms with van der Waals surface area (Å²) in [7, 11) is 0. The Hall–Kier alpha value is -2.51. The monoisotopic (exact) mass is 355 g/mol. The Kier molecular flexibility index (Phi) is 4.10. The minimum atomic E-state index is 0. The Morgan fingerprint density at radius 3 is 2.84 bits per heavy atom. The molecule has 0 bridgehead atoms. The van der Waals surface area contributed by atoms with Crippen molar-refractivity contribution in [2.24, 2.45) is 0 Å². The summed E-state index contributed by atoms with van der Waals surface area (Å²) >= 11 is 0. The maximum absolute atomic E-state index is 4.82. The number of halogens is 1. The average molecular weight is 356 g/mol. The zero-order valence-electron chi connectivity index (χ0n) is 13.5. The second-order valence-electron chi connectivity index (χ2n) is 6.12. The summed E-state index contributed by atoms with van der Waals surface area (Å²) in [4.78, 5) is 13.8. The molecule has 25 heavy (non-hydrogen) atoms. The van der Waals surface area contributed by atoms with Crippen LogP contribution in [0.25, 0.3) is 28.1 Å². The van der Waals surface area contributed by atoms with E-state index in [0.29, 0.717) is 11.9 Å². The van der Waals surface area contributed by atoms with Gasteiger partial charge in [-0.25, -0.2) is 19.5 Å². The number of fused-ring (bicyclic) bond motifs is 2. The first-order valence-corrected chi connectivity index (χ1v) is 8.23. The number of aromatic nitrogens is 6. The molecule has 1 saturated heterocycles. The molecule has 0 amide bonds. The van der Waals surface area contributed by atoms with Gasteiger partial charge in [-0.15, -0.1) is 12.4 Å². The molecule has 0 unspecified atom stereocenters. The number of piperidine rings is 1. The Morgan fingerprint density at radius 2 is 1.96 bits per heavy atom. The lowest BCUT2D eigenvalue weighted by molar-refractivity contribution is 0.373. The summed E-state index contributed by atoms with van der Waals surface area (Å²) in [5, 5.41) is 7.78. The summed E-state index contributed by atoms with van der Waals surface area (Å²) in [6.07, 6.45) is 9.65. The van der Waals surface area contributed by atoms with E-state index in [1.165, 1.54) is 0 Å². The first kappa shape index (κ1) is 16.0. The third kappa shape index (κ3) is 2.65. The van der Waals surface area contributed by atoms with Crippen molar-refractivity contribution in [2.75, 3.05) is 13.1 Å². The lowest BCUT2D eigenvalue weighted by atomic mass is 10.1. The molecule has 5 rings (SSSR count). The SMILES string of the molecule is Cl.c1ccn2ncc(-c3ncc4ncn(C5CCNCC5)c4n3)c2c1. The largest absolute Gasteiger partial charge is 0.317 e. The van der Waals surface area contributed by atoms with E-state index in [1.54, 1.807) is 0 Å². The molecule has 1 aliphatic heterocycles. The number of nitrogens with zero attached hydrogens (tertiary/aromatic N) is 6. The van der Waals surface area contributed by atoms with Crippen LogP contribution in [-0.2, 0) is 0 Å². The standard InChI is InChI=1S/C17H17N7.ClH/c1-2-8-24-15(3-1)13(9-21-24)16-19-10-14-17(22-16)23(11-20-14)12-4-6-18-7-5-12;/h1-3,8-12,18H,4-7H2;1H. The smallest absolute Gasteiger partial charge is 0.165 e. The topological polar surface area (TPSA) is 72.9 Å². The second-order valence-corrected chi connectivity index (χ2v) is 6.12. The molecule has 1 fully saturated rings. The molecule has 4 aromatic heterocycles. The molecule has 0 aromatic carbocycles. The molecule has 4 aromatic rings. The Labute approximate surface area is 150 Å². The summed E-state index contributed by atoms with van der Waals surface area (Å²) in [5.41, 5.74) is 3.69. The van der Waals surface area contributed by atoms with E-state index in [0.717, 1.165) is 48.2 Å². The number of nitrogens with one attached hydrogen (secondary N) is 1. The highest BCUT2D eigenvalue weighted by Gasteiger charge is 2.19. The quantitative estimate of drug-likeness (QED) is 0.598. The molecule has 5 heterocycles. The van der Waals surface area contributed by atoms with Gasteiger partial charge < -0.3 is 9.88 Å². The summed E-state index contributed by atoms with van der Waals surface area (Å²) in [6.45, 7) is 2.08. The van der Waals surface area contributed by atoms with Crippen LogP contribution in [0.15, 0.2) is 43.1 Å². The van der Waals surface area contributed by atoms with Gasteiger partial charge >= 0.3 is 0 Å². The van der Waals surface area contributed by atoms with E-state index in [9.17, 15) is 0 Å². The maximum Gasteiger partial charge on any atom is 0.165 e. The Bertz CT molecular complexity index is 1020. The lowest BCUT2D eigenvalue weighted by Crippen LogP contribution is -2.29. The van der Waals surface area contributed by atoms with Crippen molar-refractivity contribution in [3.05, 3.63) is 43.1 Å². The van der Waals surface area contributed by atoms with Crippen LogP contribution in [-0.4, -0.2) is 42.2 Å². The van der Waals surface area contributed by atoms with Gasteiger partial charge in [0.1, 0.15) is 5.52 Å². The minimum Gasteiger partial charge on any atom is -0.317 e. The van der Waals surface area contributed by atoms with Gasteiger partial charge in [0.05, 0.1) is 29.8 Å². The van der Waals surface area contributed by atoms with Crippen molar-refractivity contribution < 1.29 is 0 Å². The van der Waals surface area contributed by atoms with Crippen molar-refractivity contribution in [1.29, 1.82) is 0 Å². The van der Waals surface area contributed by atoms with Gasteiger partial charge in [-0.05, 0) is 38.1 Å². The second kappa shape index (κ2) is 6.42. The number of imidazole rings is 1. The molecule has 0 spiro atoms. The van der Waals surface area contributed by atoms with Crippen molar-refractivity contribution in [1.82, 2.24) is 34.4 Å². The van der Waals surface area contributed by atoms with E-state index in [-0.39, 0.29) is 12.4 Å². The van der Waals surface area contributed by atoms with Crippen molar-refractivity contribution in [2.45, 2.75) is 18.9 Å². The minimum absolute atomic E-state index is 0. The van der Waals surface area contributed by atoms with E-state index < -0.39 is 0 Å². The van der Waals surface area contributed by atoms with Crippen LogP contribution in [0, 0.1) is 0 Å². The molecule has 1 N–H and O–H groups in total. The predicted molar refractivity (Wildman–Crippen MR) is 97.9 cm³/mol. The Morgan fingerprint density at radius 1 is 1.08 bits per heavy atom. The van der Waals surface area contributed by atoms with E-state index in [1.807, 2.05) is 47.6 Å². The van der Waals surface area contributed by atoms with Gasteiger partial charge in [0.15, 0.2) is 11.5 Å². The fourth-order valence-corrected chi connectivity index (χ4v) is 3.42. The van der Waals surface area contributed by atoms with Gasteiger partial charge in [0, 0.05) is 12.2 Å². The molecule has 128 valence electrons. The normalized spacial score (nSPS) is 15.5. The molecule has 7 nitrogen and oxygen atoms in total. The fraction of sp³-hybridized carbons (Fsp3) is 0.294. The van der Waals surface area contributed by atoms with Crippen molar-refractivity contribution in [3.8, 4) is 11.4 Å². The third-order valence-electron chi connectivity index (χ3n) is 4.69. The highest BCUT2D eigenvalue weighted by Crippen LogP contribution is 2.26. The van der Waals surface area contributed by atoms with Gasteiger partial charge in [-0.3, -0.25) is 0 Å². The number of pyridine rings is 1. The fourth-order valence-electron chi connectivity index (χ4n) is 3.42. The van der Waals surface area contributed by atoms with Crippen LogP contribution >= 0.6 is 12.4 Å². The first-order chi connectivity index (χ1) is 11.9. The molecule has 8 heteroatoms. The zero-order chi connectivity index (χ0) is 15.9. The predicted octanol–water partition coefficient (Wildman–Crippen LogP) is 2.49. The van der Waals surface area contributed by atoms with Crippen LogP contribution in [0.5, 0.6) is 0 Å². The third-order valence-corrected chi connectivity index (χ3v) is 4.69.